The smallest absolute Gasteiger partial charge is 0.303 e. The van der Waals surface area contributed by atoms with Crippen molar-refractivity contribution in [3.8, 4) is 0 Å². The summed E-state index contributed by atoms with van der Waals surface area (Å²) in [6.45, 7) is 0.763. The minimum absolute atomic E-state index is 0.0763. The van der Waals surface area contributed by atoms with Crippen LogP contribution in [0.3, 0.4) is 0 Å². The van der Waals surface area contributed by atoms with Crippen LogP contribution in [0.4, 0.5) is 0 Å². The molecule has 1 aromatic heterocycles. The highest BCUT2D eigenvalue weighted by molar-refractivity contribution is 7.13. The molecule has 1 N–H and O–H groups in total. The van der Waals surface area contributed by atoms with E-state index in [1.807, 2.05) is 4.90 Å². The van der Waals surface area contributed by atoms with Crippen LogP contribution < -0.4 is 0 Å². The maximum atomic E-state index is 12.2. The van der Waals surface area contributed by atoms with Crippen LogP contribution >= 0.6 is 11.3 Å². The summed E-state index contributed by atoms with van der Waals surface area (Å²) >= 11 is 1.37. The van der Waals surface area contributed by atoms with Gasteiger partial charge in [-0.3, -0.25) is 9.59 Å². The van der Waals surface area contributed by atoms with Crippen LogP contribution in [0.2, 0.25) is 0 Å². The first-order valence-corrected chi connectivity index (χ1v) is 6.98. The fourth-order valence-corrected chi connectivity index (χ4v) is 3.32. The third kappa shape index (κ3) is 2.12. The minimum atomic E-state index is -0.825. The first kappa shape index (κ1) is 11.6. The van der Waals surface area contributed by atoms with Crippen LogP contribution in [0.5, 0.6) is 0 Å². The molecule has 3 rings (SSSR count). The molecule has 96 valence electrons. The van der Waals surface area contributed by atoms with Gasteiger partial charge in [0.15, 0.2) is 0 Å². The van der Waals surface area contributed by atoms with E-state index < -0.39 is 5.97 Å². The SMILES string of the molecule is O=C(O)CCc1nc2c(s1)C(=O)N(C1CC1)CC2. The number of rotatable bonds is 4. The Bertz CT molecular complexity index is 507. The van der Waals surface area contributed by atoms with Crippen molar-refractivity contribution in [1.29, 1.82) is 0 Å². The van der Waals surface area contributed by atoms with Crippen molar-refractivity contribution >= 4 is 23.2 Å². The van der Waals surface area contributed by atoms with E-state index in [0.29, 0.717) is 12.5 Å². The Kier molecular flexibility index (Phi) is 2.81. The first-order chi connectivity index (χ1) is 8.65. The molecule has 6 heteroatoms. The lowest BCUT2D eigenvalue weighted by atomic mass is 10.1. The lowest BCUT2D eigenvalue weighted by Crippen LogP contribution is -2.38. The zero-order chi connectivity index (χ0) is 12.7. The topological polar surface area (TPSA) is 70.5 Å². The third-order valence-corrected chi connectivity index (χ3v) is 4.47. The normalized spacial score (nSPS) is 18.9. The van der Waals surface area contributed by atoms with E-state index >= 15 is 0 Å². The summed E-state index contributed by atoms with van der Waals surface area (Å²) in [6, 6.07) is 0.440. The number of carbonyl (C=O) groups is 2. The van der Waals surface area contributed by atoms with E-state index in [-0.39, 0.29) is 12.3 Å². The predicted octanol–water partition coefficient (Wildman–Crippen LogP) is 1.32. The maximum absolute atomic E-state index is 12.2. The average Bonchev–Trinajstić information content (AvgIpc) is 3.06. The Morgan fingerprint density at radius 3 is 2.94 bits per heavy atom. The largest absolute Gasteiger partial charge is 0.481 e. The summed E-state index contributed by atoms with van der Waals surface area (Å²) < 4.78 is 0. The van der Waals surface area contributed by atoms with Gasteiger partial charge in [-0.2, -0.15) is 0 Å². The number of carboxylic acid groups (broad SMARTS) is 1. The molecular formula is C12H14N2O3S. The maximum Gasteiger partial charge on any atom is 0.303 e. The van der Waals surface area contributed by atoms with Gasteiger partial charge in [0.25, 0.3) is 5.91 Å². The number of nitrogens with zero attached hydrogens (tertiary/aromatic N) is 2. The van der Waals surface area contributed by atoms with Crippen molar-refractivity contribution in [1.82, 2.24) is 9.88 Å². The number of carboxylic acids is 1. The molecule has 0 radical (unpaired) electrons. The van der Waals surface area contributed by atoms with Crippen molar-refractivity contribution in [2.24, 2.45) is 0 Å². The van der Waals surface area contributed by atoms with Crippen molar-refractivity contribution in [2.75, 3.05) is 6.54 Å². The third-order valence-electron chi connectivity index (χ3n) is 3.33. The molecule has 2 aliphatic rings. The summed E-state index contributed by atoms with van der Waals surface area (Å²) in [4.78, 5) is 29.8. The molecule has 0 atom stereocenters. The Morgan fingerprint density at radius 2 is 2.28 bits per heavy atom. The van der Waals surface area contributed by atoms with Gasteiger partial charge in [-0.1, -0.05) is 0 Å². The van der Waals surface area contributed by atoms with Crippen LogP contribution in [0, 0.1) is 0 Å². The van der Waals surface area contributed by atoms with E-state index in [1.165, 1.54) is 11.3 Å². The zero-order valence-electron chi connectivity index (χ0n) is 9.89. The van der Waals surface area contributed by atoms with Gasteiger partial charge in [-0.25, -0.2) is 4.98 Å². The van der Waals surface area contributed by atoms with Crippen LogP contribution in [0.15, 0.2) is 0 Å². The zero-order valence-corrected chi connectivity index (χ0v) is 10.7. The summed E-state index contributed by atoms with van der Waals surface area (Å²) in [6.07, 6.45) is 3.54. The second-order valence-electron chi connectivity index (χ2n) is 4.76. The van der Waals surface area contributed by atoms with Crippen LogP contribution in [-0.2, 0) is 17.6 Å². The highest BCUT2D eigenvalue weighted by atomic mass is 32.1. The summed E-state index contributed by atoms with van der Waals surface area (Å²) in [7, 11) is 0. The highest BCUT2D eigenvalue weighted by Crippen LogP contribution is 2.33. The molecule has 1 saturated carbocycles. The van der Waals surface area contributed by atoms with Gasteiger partial charge in [0, 0.05) is 25.4 Å². The quantitative estimate of drug-likeness (QED) is 0.892. The number of fused-ring (bicyclic) bond motifs is 1. The monoisotopic (exact) mass is 266 g/mol. The lowest BCUT2D eigenvalue weighted by molar-refractivity contribution is -0.136. The molecule has 2 heterocycles. The summed E-state index contributed by atoms with van der Waals surface area (Å²) in [5, 5.41) is 9.43. The van der Waals surface area contributed by atoms with Crippen molar-refractivity contribution in [3.05, 3.63) is 15.6 Å². The number of carbonyl (C=O) groups excluding carboxylic acids is 1. The number of aryl methyl sites for hydroxylation is 1. The van der Waals surface area contributed by atoms with Crippen LogP contribution in [0.1, 0.15) is 39.6 Å². The van der Waals surface area contributed by atoms with Crippen molar-refractivity contribution < 1.29 is 14.7 Å². The van der Waals surface area contributed by atoms with Crippen molar-refractivity contribution in [3.63, 3.8) is 0 Å². The number of aromatic nitrogens is 1. The Hall–Kier alpha value is -1.43. The second kappa shape index (κ2) is 4.35. The van der Waals surface area contributed by atoms with Crippen LogP contribution in [-0.4, -0.2) is 39.5 Å². The van der Waals surface area contributed by atoms with Gasteiger partial charge < -0.3 is 10.0 Å². The number of thiazole rings is 1. The van der Waals surface area contributed by atoms with Gasteiger partial charge in [0.1, 0.15) is 4.88 Å². The molecule has 18 heavy (non-hydrogen) atoms. The highest BCUT2D eigenvalue weighted by Gasteiger charge is 2.37. The summed E-state index contributed by atoms with van der Waals surface area (Å²) in [5.41, 5.74) is 0.863. The molecule has 1 aliphatic carbocycles. The van der Waals surface area contributed by atoms with E-state index in [1.54, 1.807) is 0 Å². The Labute approximate surface area is 108 Å². The fraction of sp³-hybridized carbons (Fsp3) is 0.583. The number of amides is 1. The standard InChI is InChI=1S/C12H14N2O3S/c15-10(16)4-3-9-13-8-5-6-14(7-1-2-7)12(17)11(8)18-9/h7H,1-6H2,(H,15,16). The van der Waals surface area contributed by atoms with Gasteiger partial charge in [0.2, 0.25) is 0 Å². The fourth-order valence-electron chi connectivity index (χ4n) is 2.25. The minimum Gasteiger partial charge on any atom is -0.481 e. The molecule has 1 aromatic rings. The molecule has 0 unspecified atom stereocenters. The Balaban J connectivity index is 1.77. The van der Waals surface area contributed by atoms with Crippen LogP contribution in [0.25, 0.3) is 0 Å². The van der Waals surface area contributed by atoms with E-state index in [2.05, 4.69) is 4.98 Å². The molecule has 5 nitrogen and oxygen atoms in total. The Morgan fingerprint density at radius 1 is 1.50 bits per heavy atom. The van der Waals surface area contributed by atoms with E-state index in [4.69, 9.17) is 5.11 Å². The first-order valence-electron chi connectivity index (χ1n) is 6.16. The molecule has 0 bridgehead atoms. The molecule has 0 spiro atoms. The van der Waals surface area contributed by atoms with Crippen molar-refractivity contribution in [2.45, 2.75) is 38.1 Å². The number of hydrogen-bond donors (Lipinski definition) is 1. The van der Waals surface area contributed by atoms with Gasteiger partial charge in [-0.05, 0) is 12.8 Å². The molecule has 1 fully saturated rings. The lowest BCUT2D eigenvalue weighted by Gasteiger charge is -2.25. The van der Waals surface area contributed by atoms with E-state index in [9.17, 15) is 9.59 Å². The summed E-state index contributed by atoms with van der Waals surface area (Å²) in [5.74, 6) is -0.730. The number of aliphatic carboxylic acids is 1. The van der Waals surface area contributed by atoms with E-state index in [0.717, 1.165) is 41.4 Å². The average molecular weight is 266 g/mol. The molecule has 0 aromatic carbocycles. The molecule has 0 saturated heterocycles. The predicted molar refractivity (Wildman–Crippen MR) is 65.8 cm³/mol. The van der Waals surface area contributed by atoms with Gasteiger partial charge in [0.05, 0.1) is 17.1 Å². The molecule has 1 amide bonds. The van der Waals surface area contributed by atoms with Gasteiger partial charge >= 0.3 is 5.97 Å². The molecule has 1 aliphatic heterocycles. The second-order valence-corrected chi connectivity index (χ2v) is 5.84. The number of hydrogen-bond acceptors (Lipinski definition) is 4. The van der Waals surface area contributed by atoms with Gasteiger partial charge in [-0.15, -0.1) is 11.3 Å². The molecular weight excluding hydrogens is 252 g/mol.